The average molecular weight is 1500 g/mol. The molecule has 0 spiro atoms. The minimum absolute atomic E-state index is 0.0637. The first-order valence-corrected chi connectivity index (χ1v) is 43.4. The van der Waals surface area contributed by atoms with Crippen molar-refractivity contribution in [2.24, 2.45) is 0 Å². The quantitative estimate of drug-likeness (QED) is 0.0169. The molecule has 0 amide bonds. The standard InChI is InChI=1S/C85H144O17P2/c1-5-9-13-17-21-25-29-33-37-39-43-45-49-53-57-61-65-69-82(87)95-75-80(101-84(89)71-67-63-59-55-51-47-41-35-31-27-23-19-15-11-7-3)77-99-103(91,92)97-73-79(86)74-98-104(93,94)100-78-81(102-85(90)72-68-64-60-56-52-48-42-36-32-28-24-20-16-12-8-4)76-96-83(88)70-66-62-58-54-50-46-44-40-38-34-30-26-22-18-14-10-6-2/h9-10,13-14,21-23,25-27,33-38,41-43,45,53,57,79-81,86H,5-8,11-12,15-20,24,28-32,39-40,44,46-52,54-56,58-78H2,1-4H3,(H,91,92)(H,93,94)/b13-9-,14-10-,25-21-,26-22-,27-23-,37-33-,38-34-,41-35-,42-36-,45-43-,57-53-. The van der Waals surface area contributed by atoms with Crippen LogP contribution >= 0.6 is 15.6 Å². The molecule has 0 aromatic rings. The number of aliphatic hydroxyl groups is 1. The molecule has 0 saturated heterocycles. The number of allylic oxidation sites excluding steroid dienone is 22. The van der Waals surface area contributed by atoms with E-state index in [0.717, 1.165) is 180 Å². The van der Waals surface area contributed by atoms with Gasteiger partial charge in [-0.3, -0.25) is 37.3 Å². The van der Waals surface area contributed by atoms with E-state index in [1.165, 1.54) is 57.8 Å². The predicted octanol–water partition coefficient (Wildman–Crippen LogP) is 23.7. The van der Waals surface area contributed by atoms with Crippen molar-refractivity contribution in [3.8, 4) is 0 Å². The zero-order chi connectivity index (χ0) is 76.0. The molecule has 596 valence electrons. The van der Waals surface area contributed by atoms with Gasteiger partial charge in [-0.1, -0.05) is 277 Å². The van der Waals surface area contributed by atoms with Crippen molar-refractivity contribution in [2.45, 2.75) is 341 Å². The van der Waals surface area contributed by atoms with Crippen molar-refractivity contribution in [2.75, 3.05) is 39.6 Å². The molecule has 0 radical (unpaired) electrons. The van der Waals surface area contributed by atoms with Crippen LogP contribution in [0.1, 0.15) is 323 Å². The van der Waals surface area contributed by atoms with Crippen LogP contribution in [0.3, 0.4) is 0 Å². The smallest absolute Gasteiger partial charge is 0.462 e. The fourth-order valence-corrected chi connectivity index (χ4v) is 12.1. The fraction of sp³-hybridized carbons (Fsp3) is 0.694. The van der Waals surface area contributed by atoms with Gasteiger partial charge >= 0.3 is 39.5 Å². The van der Waals surface area contributed by atoms with Crippen molar-refractivity contribution in [3.63, 3.8) is 0 Å². The Labute approximate surface area is 631 Å². The molecule has 0 heterocycles. The zero-order valence-electron chi connectivity index (χ0n) is 65.2. The lowest BCUT2D eigenvalue weighted by Gasteiger charge is -2.21. The molecular formula is C85H144O17P2. The number of phosphoric acid groups is 2. The molecule has 104 heavy (non-hydrogen) atoms. The van der Waals surface area contributed by atoms with Crippen LogP contribution in [0.25, 0.3) is 0 Å². The van der Waals surface area contributed by atoms with E-state index in [1.54, 1.807) is 0 Å². The highest BCUT2D eigenvalue weighted by molar-refractivity contribution is 7.47. The first-order valence-electron chi connectivity index (χ1n) is 40.4. The molecule has 0 saturated carbocycles. The van der Waals surface area contributed by atoms with E-state index in [9.17, 15) is 43.2 Å². The van der Waals surface area contributed by atoms with Crippen LogP contribution in [0, 0.1) is 0 Å². The third-order valence-electron chi connectivity index (χ3n) is 16.6. The normalized spacial score (nSPS) is 14.6. The predicted molar refractivity (Wildman–Crippen MR) is 427 cm³/mol. The Morgan fingerprint density at radius 2 is 0.510 bits per heavy atom. The topological polar surface area (TPSA) is 237 Å². The van der Waals surface area contributed by atoms with Gasteiger partial charge in [-0.15, -0.1) is 0 Å². The second-order valence-corrected chi connectivity index (χ2v) is 29.5. The van der Waals surface area contributed by atoms with Gasteiger partial charge in [0.2, 0.25) is 0 Å². The first-order chi connectivity index (χ1) is 50.7. The van der Waals surface area contributed by atoms with E-state index in [2.05, 4.69) is 149 Å². The van der Waals surface area contributed by atoms with Crippen LogP contribution in [0.5, 0.6) is 0 Å². The van der Waals surface area contributed by atoms with Gasteiger partial charge < -0.3 is 33.8 Å². The van der Waals surface area contributed by atoms with Gasteiger partial charge in [0.05, 0.1) is 26.4 Å². The maximum atomic E-state index is 13.1. The van der Waals surface area contributed by atoms with Crippen molar-refractivity contribution < 1.29 is 80.2 Å². The molecule has 17 nitrogen and oxygen atoms in total. The van der Waals surface area contributed by atoms with E-state index < -0.39 is 97.5 Å². The summed E-state index contributed by atoms with van der Waals surface area (Å²) in [5.74, 6) is -2.27. The monoisotopic (exact) mass is 1500 g/mol. The molecule has 0 aliphatic rings. The number of carbonyl (C=O) groups excluding carboxylic acids is 4. The molecule has 5 unspecified atom stereocenters. The number of aliphatic hydroxyl groups excluding tert-OH is 1. The molecule has 0 rings (SSSR count). The van der Waals surface area contributed by atoms with Gasteiger partial charge in [-0.25, -0.2) is 9.13 Å². The lowest BCUT2D eigenvalue weighted by Crippen LogP contribution is -2.30. The maximum Gasteiger partial charge on any atom is 0.472 e. The minimum atomic E-state index is -5.00. The molecule has 0 aliphatic carbocycles. The number of ether oxygens (including phenoxy) is 4. The second kappa shape index (κ2) is 76.4. The van der Waals surface area contributed by atoms with Crippen molar-refractivity contribution in [1.29, 1.82) is 0 Å². The van der Waals surface area contributed by atoms with Crippen LogP contribution in [0.15, 0.2) is 134 Å². The number of rotatable bonds is 75. The van der Waals surface area contributed by atoms with E-state index in [-0.39, 0.29) is 25.7 Å². The van der Waals surface area contributed by atoms with Crippen LogP contribution in [0.4, 0.5) is 0 Å². The lowest BCUT2D eigenvalue weighted by molar-refractivity contribution is -0.161. The van der Waals surface area contributed by atoms with E-state index in [0.29, 0.717) is 32.1 Å². The van der Waals surface area contributed by atoms with E-state index in [1.807, 2.05) is 12.2 Å². The van der Waals surface area contributed by atoms with Gasteiger partial charge in [-0.2, -0.15) is 0 Å². The SMILES string of the molecule is CC/C=C\C/C=C\C/C=C\C/C=C\C/C=C\CCCC(=O)OCC(COP(=O)(O)OCC(O)COP(=O)(O)OCC(COC(=O)CCCCCCCCC/C=C\C/C=C\C/C=C\CC)OC(=O)CCCCCCC/C=C\CCCCCCCC)OC(=O)CCCCCCC/C=C\C/C=C\CCCCC. The number of phosphoric ester groups is 2. The van der Waals surface area contributed by atoms with E-state index in [4.69, 9.17) is 37.0 Å². The van der Waals surface area contributed by atoms with E-state index >= 15 is 0 Å². The van der Waals surface area contributed by atoms with Crippen LogP contribution in [-0.4, -0.2) is 96.7 Å². The number of carbonyl (C=O) groups is 4. The number of unbranched alkanes of at least 4 members (excludes halogenated alkanes) is 27. The molecule has 0 aromatic carbocycles. The van der Waals surface area contributed by atoms with Crippen molar-refractivity contribution >= 4 is 39.5 Å². The minimum Gasteiger partial charge on any atom is -0.462 e. The Hall–Kier alpha value is -4.80. The Bertz CT molecular complexity index is 2490. The van der Waals surface area contributed by atoms with Crippen molar-refractivity contribution in [3.05, 3.63) is 134 Å². The summed E-state index contributed by atoms with van der Waals surface area (Å²) in [5.41, 5.74) is 0. The van der Waals surface area contributed by atoms with Gasteiger partial charge in [0.25, 0.3) is 0 Å². The summed E-state index contributed by atoms with van der Waals surface area (Å²) < 4.78 is 68.6. The third-order valence-corrected chi connectivity index (χ3v) is 18.5. The second-order valence-electron chi connectivity index (χ2n) is 26.6. The van der Waals surface area contributed by atoms with Gasteiger partial charge in [0, 0.05) is 25.7 Å². The summed E-state index contributed by atoms with van der Waals surface area (Å²) in [6, 6.07) is 0. The molecular weight excluding hydrogens is 1350 g/mol. The Balaban J connectivity index is 5.43. The molecule has 19 heteroatoms. The Morgan fingerprint density at radius 1 is 0.279 bits per heavy atom. The summed E-state index contributed by atoms with van der Waals surface area (Å²) >= 11 is 0. The largest absolute Gasteiger partial charge is 0.472 e. The third kappa shape index (κ3) is 75.4. The average Bonchev–Trinajstić information content (AvgIpc) is 0.937. The first kappa shape index (κ1) is 99.2. The summed E-state index contributed by atoms with van der Waals surface area (Å²) in [6.45, 7) is 4.54. The van der Waals surface area contributed by atoms with Crippen molar-refractivity contribution in [1.82, 2.24) is 0 Å². The number of hydrogen-bond donors (Lipinski definition) is 3. The molecule has 0 fully saturated rings. The number of hydrogen-bond acceptors (Lipinski definition) is 15. The molecule has 0 bridgehead atoms. The molecule has 5 atom stereocenters. The fourth-order valence-electron chi connectivity index (χ4n) is 10.5. The molecule has 3 N–H and O–H groups in total. The lowest BCUT2D eigenvalue weighted by atomic mass is 10.1. The maximum absolute atomic E-state index is 13.1. The van der Waals surface area contributed by atoms with Crippen LogP contribution in [-0.2, 0) is 65.4 Å². The van der Waals surface area contributed by atoms with Crippen LogP contribution < -0.4 is 0 Å². The summed E-state index contributed by atoms with van der Waals surface area (Å²) in [4.78, 5) is 73.1. The molecule has 0 aliphatic heterocycles. The zero-order valence-corrected chi connectivity index (χ0v) is 66.9. The summed E-state index contributed by atoms with van der Waals surface area (Å²) in [7, 11) is -9.99. The highest BCUT2D eigenvalue weighted by atomic mass is 31.2. The Kier molecular flexibility index (Phi) is 72.9. The summed E-state index contributed by atoms with van der Waals surface area (Å²) in [6.07, 6.45) is 85.7. The van der Waals surface area contributed by atoms with Crippen LogP contribution in [0.2, 0.25) is 0 Å². The highest BCUT2D eigenvalue weighted by Crippen LogP contribution is 2.45. The van der Waals surface area contributed by atoms with Gasteiger partial charge in [0.15, 0.2) is 12.2 Å². The Morgan fingerprint density at radius 3 is 0.837 bits per heavy atom. The molecule has 0 aromatic heterocycles. The van der Waals surface area contributed by atoms with Gasteiger partial charge in [0.1, 0.15) is 19.3 Å². The number of esters is 4. The van der Waals surface area contributed by atoms with Gasteiger partial charge in [-0.05, 0) is 154 Å². The highest BCUT2D eigenvalue weighted by Gasteiger charge is 2.30. The summed E-state index contributed by atoms with van der Waals surface area (Å²) in [5, 5.41) is 10.6.